The Morgan fingerprint density at radius 1 is 1.47 bits per heavy atom. The maximum atomic E-state index is 11.7. The molecule has 2 heterocycles. The van der Waals surface area contributed by atoms with Gasteiger partial charge in [0.05, 0.1) is 25.9 Å². The Morgan fingerprint density at radius 3 is 2.95 bits per heavy atom. The van der Waals surface area contributed by atoms with Gasteiger partial charge in [0.2, 0.25) is 0 Å². The zero-order valence-corrected chi connectivity index (χ0v) is 11.0. The Bertz CT molecular complexity index is 505. The Morgan fingerprint density at radius 2 is 2.26 bits per heavy atom. The van der Waals surface area contributed by atoms with Gasteiger partial charge in [0.1, 0.15) is 0 Å². The lowest BCUT2D eigenvalue weighted by Gasteiger charge is -2.34. The van der Waals surface area contributed by atoms with E-state index in [1.165, 1.54) is 10.6 Å². The van der Waals surface area contributed by atoms with Crippen LogP contribution in [-0.4, -0.2) is 58.5 Å². The molecule has 1 saturated heterocycles. The number of aliphatic hydroxyl groups is 1. The van der Waals surface area contributed by atoms with Gasteiger partial charge in [-0.05, 0) is 6.92 Å². The van der Waals surface area contributed by atoms with Crippen LogP contribution in [0.15, 0.2) is 15.7 Å². The molecule has 0 amide bonds. The summed E-state index contributed by atoms with van der Waals surface area (Å²) in [7, 11) is 0. The number of aromatic amines is 1. The van der Waals surface area contributed by atoms with E-state index in [0.29, 0.717) is 38.5 Å². The Labute approximate surface area is 110 Å². The van der Waals surface area contributed by atoms with Crippen molar-refractivity contribution in [3.63, 3.8) is 0 Å². The predicted octanol–water partition coefficient (Wildman–Crippen LogP) is -1.46. The number of ether oxygens (including phenoxy) is 1. The molecule has 106 valence electrons. The first-order valence-corrected chi connectivity index (χ1v) is 6.35. The fourth-order valence-corrected chi connectivity index (χ4v) is 2.23. The first kappa shape index (κ1) is 14.0. The second-order valence-corrected chi connectivity index (χ2v) is 4.69. The van der Waals surface area contributed by atoms with Crippen molar-refractivity contribution in [2.24, 2.45) is 0 Å². The van der Waals surface area contributed by atoms with Crippen molar-refractivity contribution in [1.82, 2.24) is 14.5 Å². The van der Waals surface area contributed by atoms with Crippen LogP contribution in [0, 0.1) is 6.92 Å². The minimum atomic E-state index is -0.390. The number of H-pyrrole nitrogens is 1. The van der Waals surface area contributed by atoms with E-state index in [9.17, 15) is 14.7 Å². The largest absolute Gasteiger partial charge is 0.395 e. The molecule has 19 heavy (non-hydrogen) atoms. The van der Waals surface area contributed by atoms with Crippen LogP contribution >= 0.6 is 0 Å². The molecule has 1 aliphatic heterocycles. The molecule has 2 N–H and O–H groups in total. The first-order chi connectivity index (χ1) is 9.11. The van der Waals surface area contributed by atoms with Gasteiger partial charge in [0.15, 0.2) is 0 Å². The van der Waals surface area contributed by atoms with Crippen molar-refractivity contribution in [2.45, 2.75) is 19.5 Å². The van der Waals surface area contributed by atoms with Crippen LogP contribution in [0.4, 0.5) is 0 Å². The summed E-state index contributed by atoms with van der Waals surface area (Å²) in [6.45, 7) is 4.33. The maximum absolute atomic E-state index is 11.7. The fraction of sp³-hybridized carbons (Fsp3) is 0.667. The summed E-state index contributed by atoms with van der Waals surface area (Å²) in [6, 6.07) is 1.35. The second kappa shape index (κ2) is 6.14. The maximum Gasteiger partial charge on any atom is 0.328 e. The van der Waals surface area contributed by atoms with Crippen LogP contribution in [0.5, 0.6) is 0 Å². The van der Waals surface area contributed by atoms with Crippen LogP contribution in [0.2, 0.25) is 0 Å². The molecule has 0 radical (unpaired) electrons. The number of hydrogen-bond acceptors (Lipinski definition) is 5. The summed E-state index contributed by atoms with van der Waals surface area (Å²) < 4.78 is 6.46. The zero-order valence-electron chi connectivity index (χ0n) is 11.0. The van der Waals surface area contributed by atoms with E-state index in [1.54, 1.807) is 6.92 Å². The number of morpholine rings is 1. The molecule has 0 spiro atoms. The third kappa shape index (κ3) is 3.31. The standard InChI is InChI=1S/C12H19N3O4/c1-9-6-11(17)15(12(18)13-9)3-2-14-4-5-19-8-10(14)7-16/h6,10,16H,2-5,7-8H2,1H3,(H,13,18). The van der Waals surface area contributed by atoms with E-state index in [2.05, 4.69) is 4.98 Å². The highest BCUT2D eigenvalue weighted by Gasteiger charge is 2.22. The molecule has 7 nitrogen and oxygen atoms in total. The number of aromatic nitrogens is 2. The molecule has 2 rings (SSSR count). The zero-order chi connectivity index (χ0) is 13.8. The third-order valence-corrected chi connectivity index (χ3v) is 3.33. The molecule has 1 aromatic rings. The summed E-state index contributed by atoms with van der Waals surface area (Å²) in [5.41, 5.74) is -0.125. The molecule has 7 heteroatoms. The van der Waals surface area contributed by atoms with E-state index in [0.717, 1.165) is 0 Å². The quantitative estimate of drug-likeness (QED) is 0.697. The highest BCUT2D eigenvalue weighted by atomic mass is 16.5. The summed E-state index contributed by atoms with van der Waals surface area (Å²) in [4.78, 5) is 28.1. The average Bonchev–Trinajstić information content (AvgIpc) is 2.38. The normalized spacial score (nSPS) is 20.6. The highest BCUT2D eigenvalue weighted by molar-refractivity contribution is 4.96. The highest BCUT2D eigenvalue weighted by Crippen LogP contribution is 2.05. The van der Waals surface area contributed by atoms with Crippen LogP contribution in [0.1, 0.15) is 5.69 Å². The average molecular weight is 269 g/mol. The topological polar surface area (TPSA) is 87.6 Å². The lowest BCUT2D eigenvalue weighted by atomic mass is 10.2. The van der Waals surface area contributed by atoms with Crippen molar-refractivity contribution in [1.29, 1.82) is 0 Å². The van der Waals surface area contributed by atoms with Gasteiger partial charge in [0, 0.05) is 31.4 Å². The molecule has 1 aliphatic rings. The summed E-state index contributed by atoms with van der Waals surface area (Å²) in [5.74, 6) is 0. The van der Waals surface area contributed by atoms with Crippen molar-refractivity contribution in [2.75, 3.05) is 32.9 Å². The lowest BCUT2D eigenvalue weighted by molar-refractivity contribution is -0.0287. The summed E-state index contributed by atoms with van der Waals surface area (Å²) in [5, 5.41) is 9.25. The van der Waals surface area contributed by atoms with E-state index >= 15 is 0 Å². The van der Waals surface area contributed by atoms with E-state index < -0.39 is 0 Å². The van der Waals surface area contributed by atoms with E-state index in [1.807, 2.05) is 4.90 Å². The van der Waals surface area contributed by atoms with Gasteiger partial charge in [-0.2, -0.15) is 0 Å². The van der Waals surface area contributed by atoms with Gasteiger partial charge in [0.25, 0.3) is 5.56 Å². The van der Waals surface area contributed by atoms with Crippen LogP contribution in [0.25, 0.3) is 0 Å². The smallest absolute Gasteiger partial charge is 0.328 e. The molecule has 1 fully saturated rings. The van der Waals surface area contributed by atoms with Crippen molar-refractivity contribution in [3.8, 4) is 0 Å². The summed E-state index contributed by atoms with van der Waals surface area (Å²) >= 11 is 0. The molecule has 1 aromatic heterocycles. The third-order valence-electron chi connectivity index (χ3n) is 3.33. The number of aryl methyl sites for hydroxylation is 1. The predicted molar refractivity (Wildman–Crippen MR) is 69.3 cm³/mol. The van der Waals surface area contributed by atoms with Gasteiger partial charge in [-0.1, -0.05) is 0 Å². The molecule has 0 aromatic carbocycles. The van der Waals surface area contributed by atoms with Crippen molar-refractivity contribution >= 4 is 0 Å². The van der Waals surface area contributed by atoms with Gasteiger partial charge in [-0.25, -0.2) is 4.79 Å². The fourth-order valence-electron chi connectivity index (χ4n) is 2.23. The Hall–Kier alpha value is -1.44. The minimum absolute atomic E-state index is 0.0130. The molecular weight excluding hydrogens is 250 g/mol. The first-order valence-electron chi connectivity index (χ1n) is 6.35. The van der Waals surface area contributed by atoms with Crippen molar-refractivity contribution in [3.05, 3.63) is 32.6 Å². The number of rotatable bonds is 4. The van der Waals surface area contributed by atoms with E-state index in [-0.39, 0.29) is 23.9 Å². The SMILES string of the molecule is Cc1cc(=O)n(CCN2CCOCC2CO)c(=O)[nH]1. The molecule has 1 unspecified atom stereocenters. The monoisotopic (exact) mass is 269 g/mol. The Balaban J connectivity index is 2.06. The molecule has 0 bridgehead atoms. The Kier molecular flexibility index (Phi) is 4.52. The number of hydrogen-bond donors (Lipinski definition) is 2. The second-order valence-electron chi connectivity index (χ2n) is 4.69. The summed E-state index contributed by atoms with van der Waals surface area (Å²) in [6.07, 6.45) is 0. The molecular formula is C12H19N3O4. The lowest BCUT2D eigenvalue weighted by Crippen LogP contribution is -2.49. The van der Waals surface area contributed by atoms with Crippen LogP contribution < -0.4 is 11.2 Å². The number of nitrogens with one attached hydrogen (secondary N) is 1. The van der Waals surface area contributed by atoms with Crippen LogP contribution in [0.3, 0.4) is 0 Å². The van der Waals surface area contributed by atoms with Gasteiger partial charge in [-0.3, -0.25) is 14.3 Å². The number of nitrogens with zero attached hydrogens (tertiary/aromatic N) is 2. The molecule has 0 saturated carbocycles. The van der Waals surface area contributed by atoms with Crippen LogP contribution in [-0.2, 0) is 11.3 Å². The van der Waals surface area contributed by atoms with E-state index in [4.69, 9.17) is 4.74 Å². The van der Waals surface area contributed by atoms with Crippen molar-refractivity contribution < 1.29 is 9.84 Å². The van der Waals surface area contributed by atoms with Gasteiger partial charge < -0.3 is 14.8 Å². The number of aliphatic hydroxyl groups excluding tert-OH is 1. The van der Waals surface area contributed by atoms with Gasteiger partial charge in [-0.15, -0.1) is 0 Å². The minimum Gasteiger partial charge on any atom is -0.395 e. The molecule has 1 atom stereocenters. The molecule has 0 aliphatic carbocycles. The van der Waals surface area contributed by atoms with Gasteiger partial charge >= 0.3 is 5.69 Å².